The van der Waals surface area contributed by atoms with Crippen LogP contribution in [0.15, 0.2) is 36.5 Å². The third-order valence-electron chi connectivity index (χ3n) is 6.03. The Kier molecular flexibility index (Phi) is 7.54. The van der Waals surface area contributed by atoms with Crippen LogP contribution >= 0.6 is 23.2 Å². The van der Waals surface area contributed by atoms with Crippen molar-refractivity contribution in [3.05, 3.63) is 52.1 Å². The molecule has 0 spiro atoms. The molecule has 2 aromatic rings. The lowest BCUT2D eigenvalue weighted by atomic mass is 9.86. The molecule has 31 heavy (non-hydrogen) atoms. The summed E-state index contributed by atoms with van der Waals surface area (Å²) in [6.45, 7) is 4.22. The molecule has 166 valence electrons. The van der Waals surface area contributed by atoms with Gasteiger partial charge in [0.1, 0.15) is 5.82 Å². The Morgan fingerprint density at radius 1 is 1.10 bits per heavy atom. The van der Waals surface area contributed by atoms with E-state index in [0.29, 0.717) is 21.5 Å². The molecule has 1 saturated heterocycles. The van der Waals surface area contributed by atoms with E-state index in [-0.39, 0.29) is 11.9 Å². The molecular weight excluding hydrogens is 435 g/mol. The molecule has 1 aliphatic heterocycles. The van der Waals surface area contributed by atoms with E-state index in [1.165, 1.54) is 0 Å². The van der Waals surface area contributed by atoms with Gasteiger partial charge in [0, 0.05) is 30.7 Å². The second-order valence-electron chi connectivity index (χ2n) is 8.20. The fraction of sp³-hybridized carbons (Fsp3) is 0.478. The minimum Gasteiger partial charge on any atom is -0.384 e. The van der Waals surface area contributed by atoms with E-state index in [9.17, 15) is 4.79 Å². The van der Waals surface area contributed by atoms with Crippen LogP contribution in [0.2, 0.25) is 10.0 Å². The van der Waals surface area contributed by atoms with Crippen LogP contribution < -0.4 is 15.5 Å². The molecule has 2 N–H and O–H groups in total. The van der Waals surface area contributed by atoms with Crippen LogP contribution in [0.5, 0.6) is 0 Å². The van der Waals surface area contributed by atoms with Gasteiger partial charge in [-0.25, -0.2) is 4.98 Å². The van der Waals surface area contributed by atoms with Crippen LogP contribution in [0, 0.1) is 5.92 Å². The van der Waals surface area contributed by atoms with Crippen LogP contribution in [0.3, 0.4) is 0 Å². The van der Waals surface area contributed by atoms with Crippen LogP contribution in [0.25, 0.3) is 0 Å². The van der Waals surface area contributed by atoms with Crippen molar-refractivity contribution in [1.82, 2.24) is 10.3 Å². The molecule has 0 bridgehead atoms. The molecule has 1 aromatic heterocycles. The maximum atomic E-state index is 12.5. The lowest BCUT2D eigenvalue weighted by Crippen LogP contribution is -2.38. The molecule has 8 heteroatoms. The molecule has 6 nitrogen and oxygen atoms in total. The first kappa shape index (κ1) is 22.2. The zero-order valence-electron chi connectivity index (χ0n) is 17.4. The highest BCUT2D eigenvalue weighted by Gasteiger charge is 2.23. The molecule has 2 aliphatic rings. The molecule has 2 heterocycles. The van der Waals surface area contributed by atoms with Crippen molar-refractivity contribution in [2.45, 2.75) is 31.7 Å². The summed E-state index contributed by atoms with van der Waals surface area (Å²) in [6.07, 6.45) is 5.97. The third-order valence-corrected chi connectivity index (χ3v) is 6.60. The Labute approximate surface area is 193 Å². The third kappa shape index (κ3) is 6.03. The fourth-order valence-corrected chi connectivity index (χ4v) is 4.55. The number of rotatable bonds is 6. The molecule has 1 aromatic carbocycles. The van der Waals surface area contributed by atoms with Gasteiger partial charge in [-0.15, -0.1) is 0 Å². The van der Waals surface area contributed by atoms with Gasteiger partial charge in [-0.05, 0) is 61.9 Å². The quantitative estimate of drug-likeness (QED) is 0.654. The minimum absolute atomic E-state index is 0.152. The number of aromatic nitrogens is 1. The molecule has 1 amide bonds. The number of nitrogens with one attached hydrogen (secondary N) is 2. The monoisotopic (exact) mass is 462 g/mol. The maximum Gasteiger partial charge on any atom is 0.253 e. The summed E-state index contributed by atoms with van der Waals surface area (Å²) < 4.78 is 5.40. The molecule has 0 unspecified atom stereocenters. The first-order valence-corrected chi connectivity index (χ1v) is 11.6. The van der Waals surface area contributed by atoms with Gasteiger partial charge in [0.25, 0.3) is 5.91 Å². The number of amides is 1. The predicted octanol–water partition coefficient (Wildman–Crippen LogP) is 4.63. The van der Waals surface area contributed by atoms with Crippen LogP contribution in [-0.2, 0) is 4.74 Å². The highest BCUT2D eigenvalue weighted by atomic mass is 35.5. The van der Waals surface area contributed by atoms with E-state index in [1.807, 2.05) is 6.20 Å². The minimum atomic E-state index is -0.152. The smallest absolute Gasteiger partial charge is 0.253 e. The number of anilines is 2. The molecule has 4 rings (SSSR count). The average Bonchev–Trinajstić information content (AvgIpc) is 2.81. The first-order chi connectivity index (χ1) is 15.1. The largest absolute Gasteiger partial charge is 0.384 e. The molecule has 0 atom stereocenters. The van der Waals surface area contributed by atoms with E-state index in [1.54, 1.807) is 18.2 Å². The van der Waals surface area contributed by atoms with E-state index in [2.05, 4.69) is 32.7 Å². The Bertz CT molecular complexity index is 880. The van der Waals surface area contributed by atoms with Crippen molar-refractivity contribution in [2.24, 2.45) is 5.92 Å². The van der Waals surface area contributed by atoms with E-state index in [4.69, 9.17) is 27.9 Å². The number of hydrogen-bond donors (Lipinski definition) is 2. The Hall–Kier alpha value is -2.02. The topological polar surface area (TPSA) is 66.5 Å². The van der Waals surface area contributed by atoms with Gasteiger partial charge in [-0.1, -0.05) is 23.2 Å². The van der Waals surface area contributed by atoms with Crippen LogP contribution in [0.1, 0.15) is 36.0 Å². The van der Waals surface area contributed by atoms with Gasteiger partial charge in [0.2, 0.25) is 0 Å². The van der Waals surface area contributed by atoms with Gasteiger partial charge in [0.15, 0.2) is 0 Å². The highest BCUT2D eigenvalue weighted by molar-refractivity contribution is 6.35. The number of benzene rings is 1. The normalized spacial score (nSPS) is 21.5. The first-order valence-electron chi connectivity index (χ1n) is 10.9. The van der Waals surface area contributed by atoms with Crippen molar-refractivity contribution >= 4 is 40.6 Å². The van der Waals surface area contributed by atoms with Gasteiger partial charge < -0.3 is 20.3 Å². The van der Waals surface area contributed by atoms with Crippen molar-refractivity contribution in [1.29, 1.82) is 0 Å². The number of pyridine rings is 1. The summed E-state index contributed by atoms with van der Waals surface area (Å²) in [4.78, 5) is 19.4. The summed E-state index contributed by atoms with van der Waals surface area (Å²) in [5.41, 5.74) is 1.48. The van der Waals surface area contributed by atoms with Gasteiger partial charge >= 0.3 is 0 Å². The number of carbonyl (C=O) groups is 1. The van der Waals surface area contributed by atoms with Crippen molar-refractivity contribution in [3.63, 3.8) is 0 Å². The number of ether oxygens (including phenoxy) is 1. The number of halogens is 2. The van der Waals surface area contributed by atoms with E-state index in [0.717, 1.165) is 70.0 Å². The highest BCUT2D eigenvalue weighted by Crippen LogP contribution is 2.26. The number of carbonyl (C=O) groups excluding carboxylic acids is 1. The molecule has 1 saturated carbocycles. The number of morpholine rings is 1. The molecule has 1 aliphatic carbocycles. The summed E-state index contributed by atoms with van der Waals surface area (Å²) >= 11 is 12.1. The van der Waals surface area contributed by atoms with Crippen molar-refractivity contribution < 1.29 is 9.53 Å². The predicted molar refractivity (Wildman–Crippen MR) is 125 cm³/mol. The Morgan fingerprint density at radius 3 is 2.58 bits per heavy atom. The van der Waals surface area contributed by atoms with Crippen molar-refractivity contribution in [3.8, 4) is 0 Å². The summed E-state index contributed by atoms with van der Waals surface area (Å²) in [7, 11) is 0. The number of nitrogens with zero attached hydrogens (tertiary/aromatic N) is 2. The molecular formula is C23H28Cl2N4O2. The second kappa shape index (κ2) is 10.5. The summed E-state index contributed by atoms with van der Waals surface area (Å²) in [5, 5.41) is 7.56. The zero-order chi connectivity index (χ0) is 21.6. The van der Waals surface area contributed by atoms with Crippen LogP contribution in [-0.4, -0.2) is 49.8 Å². The van der Waals surface area contributed by atoms with Crippen LogP contribution in [0.4, 0.5) is 11.5 Å². The summed E-state index contributed by atoms with van der Waals surface area (Å²) in [6, 6.07) is 9.30. The van der Waals surface area contributed by atoms with Crippen molar-refractivity contribution in [2.75, 3.05) is 43.1 Å². The lowest BCUT2D eigenvalue weighted by molar-refractivity contribution is 0.0923. The zero-order valence-corrected chi connectivity index (χ0v) is 19.0. The fourth-order valence-electron chi connectivity index (χ4n) is 4.18. The Balaban J connectivity index is 1.20. The van der Waals surface area contributed by atoms with Gasteiger partial charge in [0.05, 0.1) is 35.7 Å². The van der Waals surface area contributed by atoms with E-state index >= 15 is 0 Å². The Morgan fingerprint density at radius 2 is 1.87 bits per heavy atom. The second-order valence-corrected chi connectivity index (χ2v) is 9.04. The molecule has 0 radical (unpaired) electrons. The van der Waals surface area contributed by atoms with E-state index < -0.39 is 0 Å². The summed E-state index contributed by atoms with van der Waals surface area (Å²) in [5.74, 6) is 1.44. The number of hydrogen-bond acceptors (Lipinski definition) is 5. The SMILES string of the molecule is O=C(N[C@H]1CC[C@H](CNc2ccc(N3CCOCC3)nc2)CC1)c1cc(Cl)ccc1Cl. The van der Waals surface area contributed by atoms with Gasteiger partial charge in [-0.3, -0.25) is 4.79 Å². The maximum absolute atomic E-state index is 12.5. The standard InChI is InChI=1S/C23H28Cl2N4O2/c24-17-3-7-21(25)20(13-17)23(30)28-18-4-1-16(2-5-18)14-26-19-6-8-22(27-15-19)29-9-11-31-12-10-29/h3,6-8,13,15-16,18,26H,1-2,4-5,9-12,14H2,(H,28,30)/t16-,18-. The molecule has 2 fully saturated rings. The average molecular weight is 463 g/mol. The lowest BCUT2D eigenvalue weighted by Gasteiger charge is -2.30. The van der Waals surface area contributed by atoms with Gasteiger partial charge in [-0.2, -0.15) is 0 Å².